The quantitative estimate of drug-likeness (QED) is 0.339. The number of rotatable bonds is 7. The summed E-state index contributed by atoms with van der Waals surface area (Å²) in [6.45, 7) is 2.17. The van der Waals surface area contributed by atoms with Crippen molar-refractivity contribution in [1.82, 2.24) is 5.43 Å². The number of carbonyl (C=O) groups is 1. The van der Waals surface area contributed by atoms with E-state index >= 15 is 0 Å². The Morgan fingerprint density at radius 3 is 2.65 bits per heavy atom. The number of hydrogen-bond acceptors (Lipinski definition) is 3. The van der Waals surface area contributed by atoms with Crippen LogP contribution >= 0.6 is 11.8 Å². The lowest BCUT2D eigenvalue weighted by atomic mass is 10.1. The van der Waals surface area contributed by atoms with Gasteiger partial charge in [-0.05, 0) is 17.7 Å². The maximum absolute atomic E-state index is 11.7. The molecule has 0 aliphatic carbocycles. The first kappa shape index (κ1) is 14.1. The number of nitrogens with one attached hydrogen (secondary N) is 1. The van der Waals surface area contributed by atoms with Crippen molar-refractivity contribution >= 4 is 17.7 Å². The van der Waals surface area contributed by atoms with Crippen LogP contribution in [0.15, 0.2) is 30.3 Å². The smallest absolute Gasteiger partial charge is 0.251 e. The summed E-state index contributed by atoms with van der Waals surface area (Å²) in [5, 5.41) is -0.196. The van der Waals surface area contributed by atoms with Crippen LogP contribution < -0.4 is 11.3 Å². The Balaban J connectivity index is 2.59. The van der Waals surface area contributed by atoms with E-state index in [2.05, 4.69) is 12.3 Å². The summed E-state index contributed by atoms with van der Waals surface area (Å²) in [5.74, 6) is 6.09. The van der Waals surface area contributed by atoms with E-state index in [1.807, 2.05) is 30.3 Å². The molecular formula is C13H20N2OS. The van der Waals surface area contributed by atoms with Gasteiger partial charge in [0.2, 0.25) is 0 Å². The van der Waals surface area contributed by atoms with E-state index in [1.54, 1.807) is 11.8 Å². The number of carbonyl (C=O) groups excluding carboxylic acids is 1. The van der Waals surface area contributed by atoms with Gasteiger partial charge in [-0.2, -0.15) is 0 Å². The van der Waals surface area contributed by atoms with Gasteiger partial charge < -0.3 is 0 Å². The van der Waals surface area contributed by atoms with Crippen LogP contribution in [0.5, 0.6) is 0 Å². The van der Waals surface area contributed by atoms with Crippen molar-refractivity contribution in [2.45, 2.75) is 31.4 Å². The Morgan fingerprint density at radius 2 is 2.06 bits per heavy atom. The minimum absolute atomic E-state index is 0.127. The van der Waals surface area contributed by atoms with Crippen LogP contribution in [0.25, 0.3) is 0 Å². The Labute approximate surface area is 107 Å². The number of benzene rings is 1. The average Bonchev–Trinajstić information content (AvgIpc) is 2.39. The van der Waals surface area contributed by atoms with Gasteiger partial charge in [0.15, 0.2) is 0 Å². The Hall–Kier alpha value is -1.00. The summed E-state index contributed by atoms with van der Waals surface area (Å²) in [5.41, 5.74) is 3.26. The molecule has 94 valence electrons. The molecule has 0 radical (unpaired) electrons. The van der Waals surface area contributed by atoms with E-state index in [0.717, 1.165) is 17.7 Å². The Morgan fingerprint density at radius 1 is 1.35 bits per heavy atom. The number of amides is 1. The van der Waals surface area contributed by atoms with Gasteiger partial charge >= 0.3 is 0 Å². The van der Waals surface area contributed by atoms with Crippen molar-refractivity contribution in [3.05, 3.63) is 35.9 Å². The fourth-order valence-corrected chi connectivity index (χ4v) is 2.76. The highest BCUT2D eigenvalue weighted by Gasteiger charge is 2.19. The molecule has 4 heteroatoms. The monoisotopic (exact) mass is 252 g/mol. The zero-order valence-corrected chi connectivity index (χ0v) is 11.0. The Kier molecular flexibility index (Phi) is 6.74. The third-order valence-electron chi connectivity index (χ3n) is 2.52. The van der Waals surface area contributed by atoms with Gasteiger partial charge in [-0.1, -0.05) is 50.1 Å². The van der Waals surface area contributed by atoms with Crippen LogP contribution in [-0.4, -0.2) is 11.7 Å². The zero-order valence-electron chi connectivity index (χ0n) is 10.2. The van der Waals surface area contributed by atoms with Gasteiger partial charge in [0.1, 0.15) is 5.25 Å². The van der Waals surface area contributed by atoms with Crippen molar-refractivity contribution in [2.24, 2.45) is 5.84 Å². The first-order valence-corrected chi connectivity index (χ1v) is 7.01. The van der Waals surface area contributed by atoms with Gasteiger partial charge in [0.25, 0.3) is 5.91 Å². The predicted molar refractivity (Wildman–Crippen MR) is 73.5 cm³/mol. The maximum atomic E-state index is 11.7. The highest BCUT2D eigenvalue weighted by molar-refractivity contribution is 8.00. The summed E-state index contributed by atoms with van der Waals surface area (Å²) < 4.78 is 0. The third kappa shape index (κ3) is 4.79. The lowest BCUT2D eigenvalue weighted by Gasteiger charge is -2.15. The van der Waals surface area contributed by atoms with Crippen LogP contribution in [-0.2, 0) is 4.79 Å². The summed E-state index contributed by atoms with van der Waals surface area (Å²) in [6.07, 6.45) is 3.54. The van der Waals surface area contributed by atoms with Crippen molar-refractivity contribution < 1.29 is 4.79 Å². The average molecular weight is 252 g/mol. The second kappa shape index (κ2) is 8.14. The van der Waals surface area contributed by atoms with E-state index in [4.69, 9.17) is 5.84 Å². The number of unbranched alkanes of at least 4 members (excludes halogenated alkanes) is 2. The van der Waals surface area contributed by atoms with Crippen molar-refractivity contribution in [1.29, 1.82) is 0 Å². The lowest BCUT2D eigenvalue weighted by Crippen LogP contribution is -2.33. The summed E-state index contributed by atoms with van der Waals surface area (Å²) in [6, 6.07) is 9.76. The van der Waals surface area contributed by atoms with Crippen LogP contribution in [0.4, 0.5) is 0 Å². The number of hydrazine groups is 1. The molecule has 0 fully saturated rings. The number of hydrogen-bond donors (Lipinski definition) is 2. The molecule has 0 aromatic heterocycles. The molecule has 1 rings (SSSR count). The van der Waals surface area contributed by atoms with E-state index < -0.39 is 0 Å². The summed E-state index contributed by atoms with van der Waals surface area (Å²) >= 11 is 1.66. The van der Waals surface area contributed by atoms with Crippen LogP contribution in [0.2, 0.25) is 0 Å². The topological polar surface area (TPSA) is 55.1 Å². The predicted octanol–water partition coefficient (Wildman–Crippen LogP) is 2.64. The zero-order chi connectivity index (χ0) is 12.5. The van der Waals surface area contributed by atoms with Gasteiger partial charge in [-0.3, -0.25) is 10.2 Å². The molecule has 1 atom stereocenters. The first-order chi connectivity index (χ1) is 8.29. The summed E-state index contributed by atoms with van der Waals surface area (Å²) in [4.78, 5) is 11.7. The van der Waals surface area contributed by atoms with Crippen LogP contribution in [0, 0.1) is 0 Å². The second-order valence-corrected chi connectivity index (χ2v) is 5.09. The molecule has 1 unspecified atom stereocenters. The molecule has 3 nitrogen and oxygen atoms in total. The highest BCUT2D eigenvalue weighted by atomic mass is 32.2. The molecule has 1 amide bonds. The van der Waals surface area contributed by atoms with E-state index in [0.29, 0.717) is 0 Å². The second-order valence-electron chi connectivity index (χ2n) is 3.88. The maximum Gasteiger partial charge on any atom is 0.251 e. The molecular weight excluding hydrogens is 232 g/mol. The number of thioether (sulfide) groups is 1. The minimum Gasteiger partial charge on any atom is -0.293 e. The summed E-state index contributed by atoms with van der Waals surface area (Å²) in [7, 11) is 0. The molecule has 0 spiro atoms. The van der Waals surface area contributed by atoms with Gasteiger partial charge in [-0.25, -0.2) is 5.84 Å². The van der Waals surface area contributed by atoms with Crippen molar-refractivity contribution in [2.75, 3.05) is 5.75 Å². The molecule has 17 heavy (non-hydrogen) atoms. The van der Waals surface area contributed by atoms with E-state index in [1.165, 1.54) is 12.8 Å². The largest absolute Gasteiger partial charge is 0.293 e. The molecule has 0 heterocycles. The Bertz CT molecular complexity index is 329. The van der Waals surface area contributed by atoms with Crippen molar-refractivity contribution in [3.8, 4) is 0 Å². The molecule has 1 aromatic carbocycles. The standard InChI is InChI=1S/C13H20N2OS/c1-2-3-7-10-17-12(13(16)15-14)11-8-5-4-6-9-11/h4-6,8-9,12H,2-3,7,10,14H2,1H3,(H,15,16). The SMILES string of the molecule is CCCCCSC(C(=O)NN)c1ccccc1. The lowest BCUT2D eigenvalue weighted by molar-refractivity contribution is -0.120. The molecule has 1 aromatic rings. The van der Waals surface area contributed by atoms with E-state index in [-0.39, 0.29) is 11.2 Å². The van der Waals surface area contributed by atoms with Crippen molar-refractivity contribution in [3.63, 3.8) is 0 Å². The minimum atomic E-state index is -0.196. The van der Waals surface area contributed by atoms with Crippen LogP contribution in [0.3, 0.4) is 0 Å². The first-order valence-electron chi connectivity index (χ1n) is 5.96. The number of nitrogens with two attached hydrogens (primary N) is 1. The van der Waals surface area contributed by atoms with Gasteiger partial charge in [0.05, 0.1) is 0 Å². The molecule has 0 saturated carbocycles. The van der Waals surface area contributed by atoms with Gasteiger partial charge in [-0.15, -0.1) is 11.8 Å². The molecule has 0 saturated heterocycles. The van der Waals surface area contributed by atoms with Crippen LogP contribution in [0.1, 0.15) is 37.0 Å². The molecule has 0 bridgehead atoms. The van der Waals surface area contributed by atoms with E-state index in [9.17, 15) is 4.79 Å². The fraction of sp³-hybridized carbons (Fsp3) is 0.462. The normalized spacial score (nSPS) is 12.1. The fourth-order valence-electron chi connectivity index (χ4n) is 1.58. The third-order valence-corrected chi connectivity index (χ3v) is 3.86. The van der Waals surface area contributed by atoms with Gasteiger partial charge in [0, 0.05) is 0 Å². The highest BCUT2D eigenvalue weighted by Crippen LogP contribution is 2.29. The molecule has 0 aliphatic heterocycles. The molecule has 3 N–H and O–H groups in total. The molecule has 0 aliphatic rings.